The van der Waals surface area contributed by atoms with Gasteiger partial charge in [-0.25, -0.2) is 0 Å². The van der Waals surface area contributed by atoms with Crippen molar-refractivity contribution in [3.8, 4) is 0 Å². The van der Waals surface area contributed by atoms with Crippen molar-refractivity contribution in [2.75, 3.05) is 25.4 Å². The maximum absolute atomic E-state index is 13.1. The van der Waals surface area contributed by atoms with E-state index in [1.807, 2.05) is 65.4 Å². The number of carbonyl (C=O) groups excluding carboxylic acids is 2. The Labute approximate surface area is 168 Å². The number of thiophene rings is 1. The van der Waals surface area contributed by atoms with Crippen molar-refractivity contribution in [1.29, 1.82) is 0 Å². The van der Waals surface area contributed by atoms with Crippen LogP contribution < -0.4 is 0 Å². The quantitative estimate of drug-likeness (QED) is 0.787. The molecule has 1 spiro atoms. The first-order chi connectivity index (χ1) is 13.1. The van der Waals surface area contributed by atoms with Crippen molar-refractivity contribution in [2.24, 2.45) is 0 Å². The average Bonchev–Trinajstić information content (AvgIpc) is 3.32. The Morgan fingerprint density at radius 2 is 1.81 bits per heavy atom. The lowest BCUT2D eigenvalue weighted by molar-refractivity contribution is -0.132. The van der Waals surface area contributed by atoms with Gasteiger partial charge in [0.2, 0.25) is 5.91 Å². The van der Waals surface area contributed by atoms with Crippen LogP contribution in [-0.2, 0) is 11.2 Å². The van der Waals surface area contributed by atoms with Crippen molar-refractivity contribution in [2.45, 2.75) is 31.1 Å². The fourth-order valence-corrected chi connectivity index (χ4v) is 6.09. The molecule has 1 aromatic heterocycles. The SMILES string of the molecule is Cc1ccc(C(=O)N2CCSC23CCN(C(=O)Cc2cccs2)CC3)cc1. The molecule has 4 rings (SSSR count). The number of rotatable bonds is 3. The summed E-state index contributed by atoms with van der Waals surface area (Å²) >= 11 is 3.52. The van der Waals surface area contributed by atoms with Crippen molar-refractivity contribution in [3.63, 3.8) is 0 Å². The molecule has 142 valence electrons. The molecule has 2 saturated heterocycles. The fraction of sp³-hybridized carbons (Fsp3) is 0.429. The monoisotopic (exact) mass is 400 g/mol. The summed E-state index contributed by atoms with van der Waals surface area (Å²) in [6.07, 6.45) is 2.20. The molecule has 0 N–H and O–H groups in total. The van der Waals surface area contributed by atoms with E-state index >= 15 is 0 Å². The Balaban J connectivity index is 1.42. The normalized spacial score (nSPS) is 18.9. The first-order valence-electron chi connectivity index (χ1n) is 9.40. The van der Waals surface area contributed by atoms with Gasteiger partial charge < -0.3 is 9.80 Å². The van der Waals surface area contributed by atoms with Gasteiger partial charge in [-0.05, 0) is 43.3 Å². The molecular weight excluding hydrogens is 376 g/mol. The number of amides is 2. The van der Waals surface area contributed by atoms with Gasteiger partial charge in [0.1, 0.15) is 0 Å². The third kappa shape index (κ3) is 3.78. The van der Waals surface area contributed by atoms with Gasteiger partial charge in [-0.1, -0.05) is 23.8 Å². The second-order valence-electron chi connectivity index (χ2n) is 7.25. The van der Waals surface area contributed by atoms with Gasteiger partial charge in [-0.3, -0.25) is 9.59 Å². The van der Waals surface area contributed by atoms with Crippen LogP contribution in [-0.4, -0.2) is 51.9 Å². The van der Waals surface area contributed by atoms with Crippen molar-refractivity contribution in [1.82, 2.24) is 9.80 Å². The van der Waals surface area contributed by atoms with Crippen LogP contribution in [0.3, 0.4) is 0 Å². The zero-order chi connectivity index (χ0) is 18.9. The van der Waals surface area contributed by atoms with Gasteiger partial charge in [-0.15, -0.1) is 23.1 Å². The fourth-order valence-electron chi connectivity index (χ4n) is 3.94. The summed E-state index contributed by atoms with van der Waals surface area (Å²) in [5, 5.41) is 2.01. The molecule has 4 nitrogen and oxygen atoms in total. The highest BCUT2D eigenvalue weighted by molar-refractivity contribution is 8.00. The molecule has 0 unspecified atom stereocenters. The predicted octanol–water partition coefficient (Wildman–Crippen LogP) is 3.81. The summed E-state index contributed by atoms with van der Waals surface area (Å²) in [5.41, 5.74) is 1.92. The molecule has 0 bridgehead atoms. The third-order valence-corrected chi connectivity index (χ3v) is 7.95. The van der Waals surface area contributed by atoms with E-state index in [4.69, 9.17) is 0 Å². The lowest BCUT2D eigenvalue weighted by Gasteiger charge is -2.44. The molecule has 27 heavy (non-hydrogen) atoms. The largest absolute Gasteiger partial charge is 0.342 e. The van der Waals surface area contributed by atoms with Crippen molar-refractivity contribution in [3.05, 3.63) is 57.8 Å². The van der Waals surface area contributed by atoms with Gasteiger partial charge in [0.05, 0.1) is 11.3 Å². The molecule has 2 aliphatic heterocycles. The van der Waals surface area contributed by atoms with E-state index in [9.17, 15) is 9.59 Å². The second-order valence-corrected chi connectivity index (χ2v) is 9.74. The number of thioether (sulfide) groups is 1. The lowest BCUT2D eigenvalue weighted by Crippen LogP contribution is -2.53. The second kappa shape index (κ2) is 7.68. The number of carbonyl (C=O) groups is 2. The standard InChI is InChI=1S/C21H24N2O2S2/c1-16-4-6-17(7-5-16)20(25)23-12-14-27-21(23)8-10-22(11-9-21)19(24)15-18-3-2-13-26-18/h2-7,13H,8-12,14-15H2,1H3. The molecule has 2 aromatic rings. The minimum Gasteiger partial charge on any atom is -0.342 e. The minimum atomic E-state index is -0.151. The van der Waals surface area contributed by atoms with Crippen molar-refractivity contribution < 1.29 is 9.59 Å². The van der Waals surface area contributed by atoms with E-state index in [1.165, 1.54) is 0 Å². The summed E-state index contributed by atoms with van der Waals surface area (Å²) in [6.45, 7) is 4.29. The molecule has 2 fully saturated rings. The molecule has 6 heteroatoms. The van der Waals surface area contributed by atoms with Gasteiger partial charge >= 0.3 is 0 Å². The van der Waals surface area contributed by atoms with Crippen LogP contribution in [0.25, 0.3) is 0 Å². The van der Waals surface area contributed by atoms with E-state index < -0.39 is 0 Å². The zero-order valence-electron chi connectivity index (χ0n) is 15.5. The number of hydrogen-bond donors (Lipinski definition) is 0. The van der Waals surface area contributed by atoms with E-state index in [2.05, 4.69) is 4.90 Å². The lowest BCUT2D eigenvalue weighted by atomic mass is 10.00. The minimum absolute atomic E-state index is 0.123. The van der Waals surface area contributed by atoms with E-state index in [-0.39, 0.29) is 16.7 Å². The Kier molecular flexibility index (Phi) is 5.28. The number of hydrogen-bond acceptors (Lipinski definition) is 4. The third-order valence-electron chi connectivity index (χ3n) is 5.52. The van der Waals surface area contributed by atoms with Crippen LogP contribution >= 0.6 is 23.1 Å². The van der Waals surface area contributed by atoms with E-state index in [0.717, 1.165) is 54.2 Å². The molecule has 0 atom stereocenters. The van der Waals surface area contributed by atoms with Crippen LogP contribution in [0.15, 0.2) is 41.8 Å². The summed E-state index contributed by atoms with van der Waals surface area (Å²) in [6, 6.07) is 11.8. The Hall–Kier alpha value is -1.79. The van der Waals surface area contributed by atoms with E-state index in [0.29, 0.717) is 6.42 Å². The van der Waals surface area contributed by atoms with Crippen LogP contribution in [0.2, 0.25) is 0 Å². The van der Waals surface area contributed by atoms with Gasteiger partial charge in [0.25, 0.3) is 5.91 Å². The van der Waals surface area contributed by atoms with E-state index in [1.54, 1.807) is 11.3 Å². The highest BCUT2D eigenvalue weighted by Gasteiger charge is 2.47. The number of benzene rings is 1. The summed E-state index contributed by atoms with van der Waals surface area (Å²) in [4.78, 5) is 30.7. The van der Waals surface area contributed by atoms with Gasteiger partial charge in [0, 0.05) is 35.8 Å². The maximum Gasteiger partial charge on any atom is 0.254 e. The molecule has 2 amide bonds. The molecule has 1 aromatic carbocycles. The number of piperidine rings is 1. The predicted molar refractivity (Wildman–Crippen MR) is 111 cm³/mol. The highest BCUT2D eigenvalue weighted by atomic mass is 32.2. The van der Waals surface area contributed by atoms with Gasteiger partial charge in [0.15, 0.2) is 0 Å². The molecule has 0 radical (unpaired) electrons. The number of likely N-dealkylation sites (tertiary alicyclic amines) is 1. The van der Waals surface area contributed by atoms with Crippen molar-refractivity contribution >= 4 is 34.9 Å². The Bertz CT molecular complexity index is 809. The average molecular weight is 401 g/mol. The molecule has 3 heterocycles. The molecule has 0 saturated carbocycles. The van der Waals surface area contributed by atoms with Crippen LogP contribution in [0.1, 0.15) is 33.6 Å². The first-order valence-corrected chi connectivity index (χ1v) is 11.3. The number of nitrogens with zero attached hydrogens (tertiary/aromatic N) is 2. The summed E-state index contributed by atoms with van der Waals surface area (Å²) in [7, 11) is 0. The summed E-state index contributed by atoms with van der Waals surface area (Å²) in [5.74, 6) is 1.30. The van der Waals surface area contributed by atoms with Gasteiger partial charge in [-0.2, -0.15) is 0 Å². The maximum atomic E-state index is 13.1. The first kappa shape index (κ1) is 18.6. The molecular formula is C21H24N2O2S2. The van der Waals surface area contributed by atoms with Crippen LogP contribution in [0.4, 0.5) is 0 Å². The molecule has 2 aliphatic rings. The summed E-state index contributed by atoms with van der Waals surface area (Å²) < 4.78 is 0. The molecule has 0 aliphatic carbocycles. The Morgan fingerprint density at radius 1 is 1.07 bits per heavy atom. The number of aryl methyl sites for hydroxylation is 1. The smallest absolute Gasteiger partial charge is 0.254 e. The zero-order valence-corrected chi connectivity index (χ0v) is 17.2. The topological polar surface area (TPSA) is 40.6 Å². The highest BCUT2D eigenvalue weighted by Crippen LogP contribution is 2.44. The Morgan fingerprint density at radius 3 is 2.48 bits per heavy atom. The van der Waals surface area contributed by atoms with Crippen LogP contribution in [0.5, 0.6) is 0 Å². The van der Waals surface area contributed by atoms with Crippen LogP contribution in [0, 0.1) is 6.92 Å².